The molecule has 0 heterocycles. The van der Waals surface area contributed by atoms with Gasteiger partial charge in [-0.1, -0.05) is 18.2 Å². The molecule has 1 aliphatic rings. The first kappa shape index (κ1) is 14.1. The van der Waals surface area contributed by atoms with Gasteiger partial charge in [-0.05, 0) is 38.2 Å². The first-order valence-corrected chi connectivity index (χ1v) is 5.75. The lowest BCUT2D eigenvalue weighted by molar-refractivity contribution is 0.0656. The molecule has 17 heavy (non-hydrogen) atoms. The zero-order valence-corrected chi connectivity index (χ0v) is 10.6. The standard InChI is InChI=1S/C14H19F3/c1-5-6-10-7-11(13(2,3)15)9-12(8-10)14(4,16)17/h5,8-10H,1,6-7H2,2-4H3. The predicted molar refractivity (Wildman–Crippen MR) is 64.9 cm³/mol. The van der Waals surface area contributed by atoms with Gasteiger partial charge in [-0.25, -0.2) is 13.2 Å². The Morgan fingerprint density at radius 2 is 1.94 bits per heavy atom. The van der Waals surface area contributed by atoms with E-state index in [1.807, 2.05) is 0 Å². The third-order valence-electron chi connectivity index (χ3n) is 2.97. The summed E-state index contributed by atoms with van der Waals surface area (Å²) < 4.78 is 40.5. The van der Waals surface area contributed by atoms with Crippen LogP contribution < -0.4 is 0 Å². The Balaban J connectivity index is 3.08. The predicted octanol–water partition coefficient (Wildman–Crippen LogP) is 4.84. The fourth-order valence-electron chi connectivity index (χ4n) is 1.94. The highest BCUT2D eigenvalue weighted by Crippen LogP contribution is 2.38. The molecule has 0 N–H and O–H groups in total. The van der Waals surface area contributed by atoms with Crippen LogP contribution in [0.15, 0.2) is 36.0 Å². The molecule has 0 fully saturated rings. The maximum absolute atomic E-state index is 13.9. The van der Waals surface area contributed by atoms with Gasteiger partial charge in [-0.2, -0.15) is 0 Å². The molecule has 0 radical (unpaired) electrons. The molecule has 0 aromatic carbocycles. The number of hydrogen-bond acceptors (Lipinski definition) is 0. The van der Waals surface area contributed by atoms with Crippen molar-refractivity contribution in [3.8, 4) is 0 Å². The summed E-state index contributed by atoms with van der Waals surface area (Å²) in [7, 11) is 0. The normalized spacial score (nSPS) is 21.9. The van der Waals surface area contributed by atoms with E-state index in [4.69, 9.17) is 0 Å². The van der Waals surface area contributed by atoms with Gasteiger partial charge in [-0.15, -0.1) is 6.58 Å². The zero-order valence-electron chi connectivity index (χ0n) is 10.6. The minimum absolute atomic E-state index is 0.0802. The molecule has 1 unspecified atom stereocenters. The summed E-state index contributed by atoms with van der Waals surface area (Å²) in [6.07, 6.45) is 5.60. The van der Waals surface area contributed by atoms with E-state index in [9.17, 15) is 13.2 Å². The number of hydrogen-bond donors (Lipinski definition) is 0. The lowest BCUT2D eigenvalue weighted by Gasteiger charge is -2.28. The van der Waals surface area contributed by atoms with Crippen molar-refractivity contribution < 1.29 is 13.2 Å². The Kier molecular flexibility index (Phi) is 3.90. The Morgan fingerprint density at radius 1 is 1.35 bits per heavy atom. The summed E-state index contributed by atoms with van der Waals surface area (Å²) in [6.45, 7) is 7.25. The van der Waals surface area contributed by atoms with Crippen LogP contribution in [0, 0.1) is 5.92 Å². The van der Waals surface area contributed by atoms with Gasteiger partial charge in [0.25, 0.3) is 5.92 Å². The highest BCUT2D eigenvalue weighted by Gasteiger charge is 2.33. The van der Waals surface area contributed by atoms with Crippen molar-refractivity contribution in [2.24, 2.45) is 5.92 Å². The molecule has 1 rings (SSSR count). The molecule has 0 saturated carbocycles. The van der Waals surface area contributed by atoms with Crippen LogP contribution in [0.4, 0.5) is 13.2 Å². The molecular formula is C14H19F3. The minimum Gasteiger partial charge on any atom is -0.240 e. The lowest BCUT2D eigenvalue weighted by atomic mass is 9.81. The summed E-state index contributed by atoms with van der Waals surface area (Å²) in [6, 6.07) is 0. The molecule has 0 spiro atoms. The molecular weight excluding hydrogens is 225 g/mol. The van der Waals surface area contributed by atoms with Gasteiger partial charge in [-0.3, -0.25) is 0 Å². The Hall–Kier alpha value is -0.990. The third-order valence-corrected chi connectivity index (χ3v) is 2.97. The smallest absolute Gasteiger partial charge is 0.240 e. The van der Waals surface area contributed by atoms with Gasteiger partial charge in [0, 0.05) is 12.5 Å². The quantitative estimate of drug-likeness (QED) is 0.621. The van der Waals surface area contributed by atoms with Gasteiger partial charge in [0.2, 0.25) is 0 Å². The van der Waals surface area contributed by atoms with Crippen LogP contribution in [0.5, 0.6) is 0 Å². The van der Waals surface area contributed by atoms with Crippen LogP contribution in [-0.2, 0) is 0 Å². The van der Waals surface area contributed by atoms with Gasteiger partial charge in [0.05, 0.1) is 0 Å². The molecule has 0 amide bonds. The SMILES string of the molecule is C=CCC1C=C(C(C)(F)F)C=C(C(C)(C)F)C1. The van der Waals surface area contributed by atoms with Crippen molar-refractivity contribution in [1.82, 2.24) is 0 Å². The van der Waals surface area contributed by atoms with Gasteiger partial charge < -0.3 is 0 Å². The number of rotatable bonds is 4. The van der Waals surface area contributed by atoms with E-state index in [1.165, 1.54) is 26.0 Å². The number of allylic oxidation sites excluding steroid dienone is 5. The maximum atomic E-state index is 13.9. The highest BCUT2D eigenvalue weighted by molar-refractivity contribution is 5.37. The van der Waals surface area contributed by atoms with Crippen LogP contribution in [-0.4, -0.2) is 11.6 Å². The van der Waals surface area contributed by atoms with Crippen LogP contribution in [0.2, 0.25) is 0 Å². The van der Waals surface area contributed by atoms with E-state index in [0.29, 0.717) is 18.4 Å². The van der Waals surface area contributed by atoms with Gasteiger partial charge >= 0.3 is 0 Å². The van der Waals surface area contributed by atoms with Crippen molar-refractivity contribution in [3.05, 3.63) is 36.0 Å². The first-order valence-electron chi connectivity index (χ1n) is 5.75. The largest absolute Gasteiger partial charge is 0.270 e. The average molecular weight is 244 g/mol. The molecule has 1 aliphatic carbocycles. The van der Waals surface area contributed by atoms with E-state index >= 15 is 0 Å². The molecule has 0 aromatic heterocycles. The molecule has 0 saturated heterocycles. The monoisotopic (exact) mass is 244 g/mol. The summed E-state index contributed by atoms with van der Waals surface area (Å²) in [5, 5.41) is 0. The maximum Gasteiger partial charge on any atom is 0.270 e. The van der Waals surface area contributed by atoms with Crippen LogP contribution in [0.1, 0.15) is 33.6 Å². The topological polar surface area (TPSA) is 0 Å². The highest BCUT2D eigenvalue weighted by atomic mass is 19.3. The summed E-state index contributed by atoms with van der Waals surface area (Å²) in [4.78, 5) is 0. The van der Waals surface area contributed by atoms with Crippen molar-refractivity contribution in [1.29, 1.82) is 0 Å². The molecule has 0 aliphatic heterocycles. The van der Waals surface area contributed by atoms with E-state index in [0.717, 1.165) is 6.92 Å². The fraction of sp³-hybridized carbons (Fsp3) is 0.571. The summed E-state index contributed by atoms with van der Waals surface area (Å²) >= 11 is 0. The Bertz CT molecular complexity index is 351. The van der Waals surface area contributed by atoms with Crippen molar-refractivity contribution in [2.45, 2.75) is 45.2 Å². The lowest BCUT2D eigenvalue weighted by Crippen LogP contribution is -2.24. The molecule has 0 aromatic rings. The van der Waals surface area contributed by atoms with E-state index in [1.54, 1.807) is 6.08 Å². The second kappa shape index (κ2) is 4.71. The van der Waals surface area contributed by atoms with Crippen LogP contribution in [0.3, 0.4) is 0 Å². The van der Waals surface area contributed by atoms with Crippen molar-refractivity contribution in [2.75, 3.05) is 0 Å². The van der Waals surface area contributed by atoms with Gasteiger partial charge in [0.1, 0.15) is 5.67 Å². The number of halogens is 3. The zero-order chi connectivity index (χ0) is 13.3. The Morgan fingerprint density at radius 3 is 2.35 bits per heavy atom. The van der Waals surface area contributed by atoms with Crippen molar-refractivity contribution >= 4 is 0 Å². The molecule has 0 nitrogen and oxygen atoms in total. The average Bonchev–Trinajstić information content (AvgIpc) is 2.15. The van der Waals surface area contributed by atoms with E-state index in [-0.39, 0.29) is 11.5 Å². The van der Waals surface area contributed by atoms with Crippen LogP contribution in [0.25, 0.3) is 0 Å². The number of alkyl halides is 3. The second-order valence-corrected chi connectivity index (χ2v) is 5.14. The third kappa shape index (κ3) is 3.76. The fourth-order valence-corrected chi connectivity index (χ4v) is 1.94. The Labute approximate surface area is 101 Å². The summed E-state index contributed by atoms with van der Waals surface area (Å²) in [5.41, 5.74) is -1.20. The van der Waals surface area contributed by atoms with Crippen molar-refractivity contribution in [3.63, 3.8) is 0 Å². The molecule has 0 bridgehead atoms. The van der Waals surface area contributed by atoms with E-state index in [2.05, 4.69) is 6.58 Å². The van der Waals surface area contributed by atoms with E-state index < -0.39 is 11.6 Å². The first-order chi connectivity index (χ1) is 7.64. The van der Waals surface area contributed by atoms with Gasteiger partial charge in [0.15, 0.2) is 0 Å². The molecule has 1 atom stereocenters. The van der Waals surface area contributed by atoms with Crippen LogP contribution >= 0.6 is 0 Å². The second-order valence-electron chi connectivity index (χ2n) is 5.14. The molecule has 96 valence electrons. The summed E-state index contributed by atoms with van der Waals surface area (Å²) in [5.74, 6) is -3.00. The minimum atomic E-state index is -2.92. The molecule has 3 heteroatoms.